The molecule has 0 aliphatic rings. The molecule has 0 N–H and O–H groups in total. The van der Waals surface area contributed by atoms with Gasteiger partial charge >= 0.3 is 0 Å². The zero-order valence-corrected chi connectivity index (χ0v) is 33.0. The second kappa shape index (κ2) is 13.5. The van der Waals surface area contributed by atoms with E-state index in [2.05, 4.69) is 214 Å². The normalized spacial score (nSPS) is 12.1. The largest absolute Gasteiger partial charge is 0.309 e. The lowest BCUT2D eigenvalue weighted by molar-refractivity contribution is 0.590. The maximum Gasteiger partial charge on any atom is 0.235 e. The van der Waals surface area contributed by atoms with E-state index in [1.54, 1.807) is 0 Å². The van der Waals surface area contributed by atoms with E-state index >= 15 is 0 Å². The Hall–Kier alpha value is -6.78. The average Bonchev–Trinajstić information content (AvgIpc) is 3.76. The maximum atomic E-state index is 5.33. The van der Waals surface area contributed by atoms with E-state index in [-0.39, 0.29) is 5.41 Å². The molecule has 0 fully saturated rings. The highest BCUT2D eigenvalue weighted by atomic mass is 15.2. The summed E-state index contributed by atoms with van der Waals surface area (Å²) in [5, 5.41) is 4.83. The molecule has 0 atom stereocenters. The molecule has 0 saturated heterocycles. The van der Waals surface area contributed by atoms with Crippen LogP contribution in [0.15, 0.2) is 170 Å². The summed E-state index contributed by atoms with van der Waals surface area (Å²) in [5.74, 6) is 1.11. The molecule has 276 valence electrons. The highest BCUT2D eigenvalue weighted by Crippen LogP contribution is 2.39. The Labute approximate surface area is 333 Å². The lowest BCUT2D eigenvalue weighted by atomic mass is 9.86. The van der Waals surface area contributed by atoms with Gasteiger partial charge < -0.3 is 4.57 Å². The predicted molar refractivity (Wildman–Crippen MR) is 240 cm³/mol. The van der Waals surface area contributed by atoms with Crippen LogP contribution >= 0.6 is 0 Å². The van der Waals surface area contributed by atoms with Gasteiger partial charge in [-0.1, -0.05) is 156 Å². The van der Waals surface area contributed by atoms with E-state index < -0.39 is 0 Å². The van der Waals surface area contributed by atoms with E-state index in [1.807, 2.05) is 0 Å². The number of para-hydroxylation sites is 3. The smallest absolute Gasteiger partial charge is 0.235 e. The molecule has 3 heterocycles. The Morgan fingerprint density at radius 3 is 1.58 bits per heavy atom. The minimum Gasteiger partial charge on any atom is -0.309 e. The predicted octanol–water partition coefficient (Wildman–Crippen LogP) is 14.1. The van der Waals surface area contributed by atoms with E-state index in [1.165, 1.54) is 43.9 Å². The Morgan fingerprint density at radius 1 is 0.421 bits per heavy atom. The Morgan fingerprint density at radius 2 is 0.930 bits per heavy atom. The fourth-order valence-corrected chi connectivity index (χ4v) is 8.38. The van der Waals surface area contributed by atoms with Crippen LogP contribution in [0.4, 0.5) is 0 Å². The first-order valence-corrected chi connectivity index (χ1v) is 19.9. The SMILES string of the molecule is CC(C)c1ccc(-c2cc(-c3ccc(C(C)(C)C)cc3)nc(-n3c4ccccc4c4cc(-c5ccc6c7ccccc7n(-c7ccccc7)c6c5)ccc43)n2)cc1. The van der Waals surface area contributed by atoms with Crippen LogP contribution in [0, 0.1) is 0 Å². The van der Waals surface area contributed by atoms with Gasteiger partial charge in [-0.2, -0.15) is 0 Å². The molecule has 0 amide bonds. The average molecular weight is 737 g/mol. The quantitative estimate of drug-likeness (QED) is 0.170. The first-order chi connectivity index (χ1) is 27.7. The van der Waals surface area contributed by atoms with Crippen LogP contribution < -0.4 is 0 Å². The molecule has 0 aliphatic carbocycles. The number of rotatable bonds is 6. The summed E-state index contributed by atoms with van der Waals surface area (Å²) in [6.45, 7) is 11.2. The number of nitrogens with zero attached hydrogens (tertiary/aromatic N) is 4. The van der Waals surface area contributed by atoms with Gasteiger partial charge in [0, 0.05) is 38.4 Å². The first-order valence-electron chi connectivity index (χ1n) is 19.9. The fraction of sp³-hybridized carbons (Fsp3) is 0.132. The number of aromatic nitrogens is 4. The van der Waals surface area contributed by atoms with Crippen LogP contribution in [-0.4, -0.2) is 19.1 Å². The second-order valence-corrected chi connectivity index (χ2v) is 16.5. The molecule has 4 heteroatoms. The van der Waals surface area contributed by atoms with Gasteiger partial charge in [-0.3, -0.25) is 4.57 Å². The minimum absolute atomic E-state index is 0.0621. The highest BCUT2D eigenvalue weighted by Gasteiger charge is 2.20. The third-order valence-corrected chi connectivity index (χ3v) is 11.5. The zero-order chi connectivity index (χ0) is 38.8. The van der Waals surface area contributed by atoms with E-state index in [9.17, 15) is 0 Å². The zero-order valence-electron chi connectivity index (χ0n) is 33.0. The molecule has 10 rings (SSSR count). The van der Waals surface area contributed by atoms with Crippen molar-refractivity contribution in [2.75, 3.05) is 0 Å². The lowest BCUT2D eigenvalue weighted by Crippen LogP contribution is -2.10. The highest BCUT2D eigenvalue weighted by molar-refractivity contribution is 6.12. The van der Waals surface area contributed by atoms with Crippen LogP contribution in [-0.2, 0) is 5.41 Å². The summed E-state index contributed by atoms with van der Waals surface area (Å²) in [5.41, 5.74) is 14.6. The topological polar surface area (TPSA) is 35.6 Å². The van der Waals surface area contributed by atoms with Crippen molar-refractivity contribution in [2.45, 2.75) is 46.0 Å². The Bertz CT molecular complexity index is 3100. The molecule has 4 nitrogen and oxygen atoms in total. The summed E-state index contributed by atoms with van der Waals surface area (Å²) in [6, 6.07) is 61.5. The summed E-state index contributed by atoms with van der Waals surface area (Å²) >= 11 is 0. The molecule has 0 spiro atoms. The Kier molecular flexibility index (Phi) is 8.19. The minimum atomic E-state index is 0.0621. The monoisotopic (exact) mass is 736 g/mol. The van der Waals surface area contributed by atoms with Crippen molar-refractivity contribution in [1.29, 1.82) is 0 Å². The molecule has 10 aromatic rings. The van der Waals surface area contributed by atoms with Crippen molar-refractivity contribution in [3.63, 3.8) is 0 Å². The van der Waals surface area contributed by atoms with Crippen molar-refractivity contribution in [3.8, 4) is 45.3 Å². The van der Waals surface area contributed by atoms with Crippen molar-refractivity contribution >= 4 is 43.6 Å². The lowest BCUT2D eigenvalue weighted by Gasteiger charge is -2.19. The molecular formula is C53H44N4. The van der Waals surface area contributed by atoms with Gasteiger partial charge in [-0.15, -0.1) is 0 Å². The molecule has 0 saturated carbocycles. The van der Waals surface area contributed by atoms with Crippen LogP contribution in [0.5, 0.6) is 0 Å². The van der Waals surface area contributed by atoms with Crippen molar-refractivity contribution in [3.05, 3.63) is 181 Å². The van der Waals surface area contributed by atoms with Gasteiger partial charge in [0.1, 0.15) is 0 Å². The van der Waals surface area contributed by atoms with Gasteiger partial charge in [0.25, 0.3) is 0 Å². The van der Waals surface area contributed by atoms with Crippen LogP contribution in [0.25, 0.3) is 88.9 Å². The van der Waals surface area contributed by atoms with E-state index in [4.69, 9.17) is 9.97 Å². The fourth-order valence-electron chi connectivity index (χ4n) is 8.38. The summed E-state index contributed by atoms with van der Waals surface area (Å²) < 4.78 is 4.62. The Balaban J connectivity index is 1.16. The molecule has 0 radical (unpaired) electrons. The number of fused-ring (bicyclic) bond motifs is 6. The van der Waals surface area contributed by atoms with E-state index in [0.29, 0.717) is 11.9 Å². The third-order valence-electron chi connectivity index (χ3n) is 11.5. The van der Waals surface area contributed by atoms with Gasteiger partial charge in [0.05, 0.1) is 33.5 Å². The summed E-state index contributed by atoms with van der Waals surface area (Å²) in [6.07, 6.45) is 0. The van der Waals surface area contributed by atoms with Gasteiger partial charge in [0.15, 0.2) is 0 Å². The molecular weight excluding hydrogens is 693 g/mol. The number of hydrogen-bond acceptors (Lipinski definition) is 2. The summed E-state index contributed by atoms with van der Waals surface area (Å²) in [7, 11) is 0. The molecule has 3 aromatic heterocycles. The standard InChI is InChI=1S/C53H44N4/c1-34(2)35-19-21-36(22-20-35)46-33-47(37-23-27-40(28-24-37)53(3,4)5)55-52(54-46)57-49-18-12-10-16-43(49)45-31-38(26-30-50(45)57)39-25-29-44-42-15-9-11-17-48(42)56(51(44)32-39)41-13-7-6-8-14-41/h6-34H,1-5H3. The van der Waals surface area contributed by atoms with Crippen LogP contribution in [0.1, 0.15) is 51.7 Å². The molecule has 0 unspecified atom stereocenters. The molecule has 0 bridgehead atoms. The summed E-state index contributed by atoms with van der Waals surface area (Å²) in [4.78, 5) is 10.7. The van der Waals surface area contributed by atoms with Crippen LogP contribution in [0.3, 0.4) is 0 Å². The molecule has 57 heavy (non-hydrogen) atoms. The maximum absolute atomic E-state index is 5.33. The van der Waals surface area contributed by atoms with Crippen molar-refractivity contribution in [1.82, 2.24) is 19.1 Å². The number of benzene rings is 7. The van der Waals surface area contributed by atoms with E-state index in [0.717, 1.165) is 50.2 Å². The van der Waals surface area contributed by atoms with Gasteiger partial charge in [-0.25, -0.2) is 9.97 Å². The number of hydrogen-bond donors (Lipinski definition) is 0. The molecule has 0 aliphatic heterocycles. The van der Waals surface area contributed by atoms with Gasteiger partial charge in [-0.05, 0) is 82.1 Å². The first kappa shape index (κ1) is 34.7. The van der Waals surface area contributed by atoms with Gasteiger partial charge in [0.2, 0.25) is 5.95 Å². The van der Waals surface area contributed by atoms with Crippen molar-refractivity contribution in [2.24, 2.45) is 0 Å². The second-order valence-electron chi connectivity index (χ2n) is 16.5. The molecule has 7 aromatic carbocycles. The van der Waals surface area contributed by atoms with Crippen LogP contribution in [0.2, 0.25) is 0 Å². The van der Waals surface area contributed by atoms with Crippen molar-refractivity contribution < 1.29 is 0 Å². The third kappa shape index (κ3) is 6.00.